The van der Waals surface area contributed by atoms with E-state index >= 15 is 0 Å². The van der Waals surface area contributed by atoms with E-state index in [-0.39, 0.29) is 11.2 Å². The highest BCUT2D eigenvalue weighted by Crippen LogP contribution is 2.28. The third kappa shape index (κ3) is 4.25. The zero-order valence-corrected chi connectivity index (χ0v) is 14.6. The standard InChI is InChI=1S/C21H24ClNO/c22-19(16-10-4-1-5-11-16)20(23-18-14-8-3-9-15-18)21(24)17-12-6-2-7-13-17/h1-2,4-7,10-13,18-20,23H,3,8-9,14-15H2/t19-,20-/m1/s1. The molecule has 0 bridgehead atoms. The van der Waals surface area contributed by atoms with Crippen LogP contribution in [0.25, 0.3) is 0 Å². The molecule has 1 N–H and O–H groups in total. The van der Waals surface area contributed by atoms with Gasteiger partial charge in [-0.15, -0.1) is 11.6 Å². The Kier molecular flexibility index (Phi) is 6.06. The van der Waals surface area contributed by atoms with Crippen molar-refractivity contribution < 1.29 is 4.79 Å². The van der Waals surface area contributed by atoms with Crippen LogP contribution in [0.15, 0.2) is 60.7 Å². The number of ketones is 1. The summed E-state index contributed by atoms with van der Waals surface area (Å²) in [7, 11) is 0. The summed E-state index contributed by atoms with van der Waals surface area (Å²) < 4.78 is 0. The van der Waals surface area contributed by atoms with Gasteiger partial charge in [-0.3, -0.25) is 4.79 Å². The number of carbonyl (C=O) groups excluding carboxylic acids is 1. The van der Waals surface area contributed by atoms with Gasteiger partial charge in [-0.25, -0.2) is 0 Å². The minimum atomic E-state index is -0.403. The Morgan fingerprint density at radius 2 is 1.50 bits per heavy atom. The first kappa shape index (κ1) is 17.2. The molecule has 0 unspecified atom stereocenters. The lowest BCUT2D eigenvalue weighted by molar-refractivity contribution is 0.0928. The maximum absolute atomic E-state index is 13.1. The van der Waals surface area contributed by atoms with Gasteiger partial charge in [0.2, 0.25) is 0 Å². The predicted octanol–water partition coefficient (Wildman–Crippen LogP) is 5.14. The number of alkyl halides is 1. The van der Waals surface area contributed by atoms with Crippen molar-refractivity contribution in [2.24, 2.45) is 0 Å². The first-order valence-electron chi connectivity index (χ1n) is 8.80. The molecule has 0 aromatic heterocycles. The second-order valence-electron chi connectivity index (χ2n) is 6.52. The quantitative estimate of drug-likeness (QED) is 0.582. The molecule has 0 amide bonds. The molecule has 0 aliphatic heterocycles. The van der Waals surface area contributed by atoms with Crippen molar-refractivity contribution in [1.29, 1.82) is 0 Å². The lowest BCUT2D eigenvalue weighted by Crippen LogP contribution is -2.46. The van der Waals surface area contributed by atoms with E-state index in [1.54, 1.807) is 0 Å². The van der Waals surface area contributed by atoms with Gasteiger partial charge < -0.3 is 5.32 Å². The van der Waals surface area contributed by atoms with Crippen LogP contribution in [0.5, 0.6) is 0 Å². The van der Waals surface area contributed by atoms with Gasteiger partial charge in [0.15, 0.2) is 5.78 Å². The number of Topliss-reactive ketones (excluding diaryl/α,β-unsaturated/α-hetero) is 1. The summed E-state index contributed by atoms with van der Waals surface area (Å²) in [5, 5.41) is 3.20. The third-order valence-corrected chi connectivity index (χ3v) is 5.28. The Morgan fingerprint density at radius 1 is 0.917 bits per heavy atom. The summed E-state index contributed by atoms with van der Waals surface area (Å²) in [4.78, 5) is 13.1. The van der Waals surface area contributed by atoms with Crippen LogP contribution in [0.1, 0.15) is 53.4 Å². The number of carbonyl (C=O) groups is 1. The van der Waals surface area contributed by atoms with Crippen molar-refractivity contribution in [2.45, 2.75) is 49.6 Å². The Balaban J connectivity index is 1.83. The summed E-state index contributed by atoms with van der Waals surface area (Å²) in [6, 6.07) is 19.3. The third-order valence-electron chi connectivity index (χ3n) is 4.77. The van der Waals surface area contributed by atoms with Crippen molar-refractivity contribution in [2.75, 3.05) is 0 Å². The molecule has 126 valence electrons. The average molecular weight is 342 g/mol. The molecular formula is C21H24ClNO. The maximum Gasteiger partial charge on any atom is 0.181 e. The van der Waals surface area contributed by atoms with Crippen molar-refractivity contribution >= 4 is 17.4 Å². The van der Waals surface area contributed by atoms with E-state index in [0.717, 1.165) is 18.4 Å². The summed E-state index contributed by atoms with van der Waals surface area (Å²) in [6.07, 6.45) is 5.98. The molecule has 2 atom stereocenters. The molecule has 0 heterocycles. The highest BCUT2D eigenvalue weighted by Gasteiger charge is 2.31. The lowest BCUT2D eigenvalue weighted by Gasteiger charge is -2.30. The predicted molar refractivity (Wildman–Crippen MR) is 99.6 cm³/mol. The van der Waals surface area contributed by atoms with E-state index in [9.17, 15) is 4.79 Å². The van der Waals surface area contributed by atoms with Gasteiger partial charge in [0.1, 0.15) is 0 Å². The minimum absolute atomic E-state index is 0.0741. The molecule has 1 aliphatic carbocycles. The van der Waals surface area contributed by atoms with Crippen LogP contribution >= 0.6 is 11.6 Å². The van der Waals surface area contributed by atoms with Gasteiger partial charge in [-0.05, 0) is 18.4 Å². The average Bonchev–Trinajstić information content (AvgIpc) is 2.67. The van der Waals surface area contributed by atoms with Gasteiger partial charge in [-0.1, -0.05) is 79.9 Å². The fourth-order valence-corrected chi connectivity index (χ4v) is 3.76. The summed E-state index contributed by atoms with van der Waals surface area (Å²) in [5.41, 5.74) is 1.70. The zero-order valence-electron chi connectivity index (χ0n) is 13.8. The molecule has 1 saturated carbocycles. The van der Waals surface area contributed by atoms with Crippen LogP contribution in [-0.2, 0) is 0 Å². The molecule has 24 heavy (non-hydrogen) atoms. The van der Waals surface area contributed by atoms with Crippen LogP contribution in [0, 0.1) is 0 Å². The highest BCUT2D eigenvalue weighted by atomic mass is 35.5. The molecule has 0 spiro atoms. The van der Waals surface area contributed by atoms with Crippen LogP contribution in [0.3, 0.4) is 0 Å². The lowest BCUT2D eigenvalue weighted by atomic mass is 9.91. The summed E-state index contributed by atoms with van der Waals surface area (Å²) in [6.45, 7) is 0. The van der Waals surface area contributed by atoms with Crippen molar-refractivity contribution in [3.63, 3.8) is 0 Å². The Morgan fingerprint density at radius 3 is 2.12 bits per heavy atom. The molecular weight excluding hydrogens is 318 g/mol. The highest BCUT2D eigenvalue weighted by molar-refractivity contribution is 6.24. The van der Waals surface area contributed by atoms with Gasteiger partial charge in [0, 0.05) is 11.6 Å². The van der Waals surface area contributed by atoms with Crippen molar-refractivity contribution in [3.8, 4) is 0 Å². The first-order valence-corrected chi connectivity index (χ1v) is 9.23. The van der Waals surface area contributed by atoms with Crippen molar-refractivity contribution in [1.82, 2.24) is 5.32 Å². The minimum Gasteiger partial charge on any atom is -0.303 e. The largest absolute Gasteiger partial charge is 0.303 e. The number of hydrogen-bond acceptors (Lipinski definition) is 2. The number of benzene rings is 2. The molecule has 0 saturated heterocycles. The molecule has 2 aromatic carbocycles. The Hall–Kier alpha value is -1.64. The monoisotopic (exact) mass is 341 g/mol. The van der Waals surface area contributed by atoms with E-state index in [4.69, 9.17) is 11.6 Å². The summed E-state index contributed by atoms with van der Waals surface area (Å²) in [5.74, 6) is 0.0741. The Bertz CT molecular complexity index is 637. The smallest absolute Gasteiger partial charge is 0.181 e. The molecule has 3 heteroatoms. The van der Waals surface area contributed by atoms with Gasteiger partial charge in [-0.2, -0.15) is 0 Å². The SMILES string of the molecule is O=C(c1ccccc1)[C@H](NC1CCCCC1)[C@H](Cl)c1ccccc1. The maximum atomic E-state index is 13.1. The molecule has 1 aliphatic rings. The van der Waals surface area contributed by atoms with Crippen LogP contribution in [-0.4, -0.2) is 17.9 Å². The number of nitrogens with one attached hydrogen (secondary N) is 1. The van der Waals surface area contributed by atoms with E-state index in [2.05, 4.69) is 5.32 Å². The molecule has 2 aromatic rings. The van der Waals surface area contributed by atoms with E-state index in [0.29, 0.717) is 11.6 Å². The van der Waals surface area contributed by atoms with Crippen LogP contribution in [0.2, 0.25) is 0 Å². The fraction of sp³-hybridized carbons (Fsp3) is 0.381. The van der Waals surface area contributed by atoms with Crippen LogP contribution < -0.4 is 5.32 Å². The van der Waals surface area contributed by atoms with E-state index in [1.807, 2.05) is 60.7 Å². The topological polar surface area (TPSA) is 29.1 Å². The summed E-state index contributed by atoms with van der Waals surface area (Å²) >= 11 is 6.75. The van der Waals surface area contributed by atoms with Gasteiger partial charge >= 0.3 is 0 Å². The van der Waals surface area contributed by atoms with E-state index < -0.39 is 6.04 Å². The first-order chi connectivity index (χ1) is 11.8. The second-order valence-corrected chi connectivity index (χ2v) is 6.99. The normalized spacial score (nSPS) is 18.0. The fourth-order valence-electron chi connectivity index (χ4n) is 3.43. The second kappa shape index (κ2) is 8.46. The van der Waals surface area contributed by atoms with Gasteiger partial charge in [0.25, 0.3) is 0 Å². The Labute approximate surface area is 149 Å². The number of rotatable bonds is 6. The molecule has 3 rings (SSSR count). The number of halogens is 1. The molecule has 2 nitrogen and oxygen atoms in total. The zero-order chi connectivity index (χ0) is 16.8. The molecule has 0 radical (unpaired) electrons. The van der Waals surface area contributed by atoms with Crippen molar-refractivity contribution in [3.05, 3.63) is 71.8 Å². The number of hydrogen-bond donors (Lipinski definition) is 1. The molecule has 1 fully saturated rings. The van der Waals surface area contributed by atoms with Gasteiger partial charge in [0.05, 0.1) is 11.4 Å². The van der Waals surface area contributed by atoms with Crippen LogP contribution in [0.4, 0.5) is 0 Å². The van der Waals surface area contributed by atoms with E-state index in [1.165, 1.54) is 19.3 Å².